The van der Waals surface area contributed by atoms with E-state index in [9.17, 15) is 14.9 Å². The van der Waals surface area contributed by atoms with E-state index < -0.39 is 4.92 Å². The topological polar surface area (TPSA) is 75.5 Å². The summed E-state index contributed by atoms with van der Waals surface area (Å²) in [6.07, 6.45) is 2.41. The molecule has 0 unspecified atom stereocenters. The van der Waals surface area contributed by atoms with Crippen LogP contribution in [0, 0.1) is 16.0 Å². The number of amides is 1. The Labute approximate surface area is 144 Å². The third kappa shape index (κ3) is 3.73. The van der Waals surface area contributed by atoms with E-state index in [-0.39, 0.29) is 10.9 Å². The minimum atomic E-state index is -0.490. The number of thiophene rings is 1. The van der Waals surface area contributed by atoms with Crippen LogP contribution in [0.5, 0.6) is 0 Å². The maximum absolute atomic E-state index is 12.1. The van der Waals surface area contributed by atoms with Gasteiger partial charge < -0.3 is 10.2 Å². The molecule has 1 fully saturated rings. The lowest BCUT2D eigenvalue weighted by Crippen LogP contribution is -2.32. The summed E-state index contributed by atoms with van der Waals surface area (Å²) in [5, 5.41) is 13.4. The molecular weight excluding hydrogens is 326 g/mol. The molecule has 0 atom stereocenters. The fourth-order valence-corrected chi connectivity index (χ4v) is 3.48. The highest BCUT2D eigenvalue weighted by Crippen LogP contribution is 2.26. The number of anilines is 2. The maximum atomic E-state index is 12.1. The number of nitro groups is 1. The van der Waals surface area contributed by atoms with Crippen LogP contribution in [0.15, 0.2) is 36.4 Å². The molecule has 3 rings (SSSR count). The zero-order valence-corrected chi connectivity index (χ0v) is 14.2. The van der Waals surface area contributed by atoms with Crippen LogP contribution in [0.1, 0.15) is 29.4 Å². The highest BCUT2D eigenvalue weighted by Gasteiger charge is 2.17. The summed E-state index contributed by atoms with van der Waals surface area (Å²) in [6, 6.07) is 10.6. The average Bonchev–Trinajstić information content (AvgIpc) is 3.07. The van der Waals surface area contributed by atoms with Crippen molar-refractivity contribution < 1.29 is 9.72 Å². The summed E-state index contributed by atoms with van der Waals surface area (Å²) in [7, 11) is 0. The summed E-state index contributed by atoms with van der Waals surface area (Å²) < 4.78 is 0. The first-order chi connectivity index (χ1) is 11.5. The molecule has 1 aromatic heterocycles. The first-order valence-electron chi connectivity index (χ1n) is 7.93. The number of rotatable bonds is 4. The van der Waals surface area contributed by atoms with Gasteiger partial charge in [-0.3, -0.25) is 14.9 Å². The van der Waals surface area contributed by atoms with Crippen molar-refractivity contribution in [3.63, 3.8) is 0 Å². The number of carbonyl (C=O) groups excluding carboxylic acids is 1. The monoisotopic (exact) mass is 345 g/mol. The van der Waals surface area contributed by atoms with Gasteiger partial charge in [-0.15, -0.1) is 0 Å². The fourth-order valence-electron chi connectivity index (χ4n) is 2.76. The van der Waals surface area contributed by atoms with Gasteiger partial charge >= 0.3 is 5.00 Å². The van der Waals surface area contributed by atoms with Crippen molar-refractivity contribution in [1.29, 1.82) is 0 Å². The van der Waals surface area contributed by atoms with E-state index in [1.165, 1.54) is 25.0 Å². The van der Waals surface area contributed by atoms with Crippen LogP contribution in [0.3, 0.4) is 0 Å². The molecule has 0 aliphatic carbocycles. The van der Waals surface area contributed by atoms with E-state index in [4.69, 9.17) is 0 Å². The van der Waals surface area contributed by atoms with Gasteiger partial charge in [0.05, 0.1) is 9.80 Å². The third-order valence-corrected chi connectivity index (χ3v) is 5.31. The van der Waals surface area contributed by atoms with Crippen LogP contribution in [-0.2, 0) is 0 Å². The molecule has 1 N–H and O–H groups in total. The van der Waals surface area contributed by atoms with Crippen LogP contribution in [0.25, 0.3) is 0 Å². The first-order valence-corrected chi connectivity index (χ1v) is 8.75. The second kappa shape index (κ2) is 7.00. The number of nitrogens with zero attached hydrogens (tertiary/aromatic N) is 2. The van der Waals surface area contributed by atoms with Gasteiger partial charge in [0.1, 0.15) is 0 Å². The van der Waals surface area contributed by atoms with Crippen molar-refractivity contribution in [2.24, 2.45) is 5.92 Å². The quantitative estimate of drug-likeness (QED) is 0.667. The number of benzene rings is 1. The number of hydrogen-bond acceptors (Lipinski definition) is 5. The molecule has 7 heteroatoms. The van der Waals surface area contributed by atoms with Gasteiger partial charge in [-0.1, -0.05) is 18.3 Å². The van der Waals surface area contributed by atoms with E-state index in [0.717, 1.165) is 36.0 Å². The molecule has 0 spiro atoms. The Kier molecular flexibility index (Phi) is 4.80. The van der Waals surface area contributed by atoms with Crippen LogP contribution in [0.4, 0.5) is 16.4 Å². The molecule has 6 nitrogen and oxygen atoms in total. The minimum Gasteiger partial charge on any atom is -0.372 e. The number of hydrogen-bond donors (Lipinski definition) is 1. The third-order valence-electron chi connectivity index (χ3n) is 4.27. The van der Waals surface area contributed by atoms with E-state index in [2.05, 4.69) is 17.1 Å². The first kappa shape index (κ1) is 16.4. The van der Waals surface area contributed by atoms with E-state index in [1.807, 2.05) is 24.3 Å². The Balaban J connectivity index is 1.63. The van der Waals surface area contributed by atoms with Crippen molar-refractivity contribution in [2.45, 2.75) is 19.8 Å². The van der Waals surface area contributed by atoms with Crippen LogP contribution >= 0.6 is 11.3 Å². The smallest absolute Gasteiger partial charge is 0.324 e. The Morgan fingerprint density at radius 3 is 2.46 bits per heavy atom. The summed E-state index contributed by atoms with van der Waals surface area (Å²) in [6.45, 7) is 4.41. The number of nitrogens with one attached hydrogen (secondary N) is 1. The molecule has 24 heavy (non-hydrogen) atoms. The van der Waals surface area contributed by atoms with Crippen molar-refractivity contribution >= 4 is 33.6 Å². The van der Waals surface area contributed by atoms with Crippen LogP contribution < -0.4 is 10.2 Å². The zero-order chi connectivity index (χ0) is 17.1. The van der Waals surface area contributed by atoms with Gasteiger partial charge in [-0.25, -0.2) is 0 Å². The normalized spacial score (nSPS) is 15.3. The Bertz CT molecular complexity index is 734. The van der Waals surface area contributed by atoms with Crippen molar-refractivity contribution in [3.05, 3.63) is 51.4 Å². The summed E-state index contributed by atoms with van der Waals surface area (Å²) in [5.74, 6) is 0.460. The average molecular weight is 345 g/mol. The minimum absolute atomic E-state index is 0.0326. The molecule has 2 heterocycles. The van der Waals surface area contributed by atoms with Crippen molar-refractivity contribution in [3.8, 4) is 0 Å². The summed E-state index contributed by atoms with van der Waals surface area (Å²) in [4.78, 5) is 25.0. The standard InChI is InChI=1S/C17H19N3O3S/c1-12-8-10-19(11-9-12)14-4-2-13(3-5-14)18-17(21)15-6-7-16(24-15)20(22)23/h2-7,12H,8-11H2,1H3,(H,18,21). The van der Waals surface area contributed by atoms with E-state index in [1.54, 1.807) is 0 Å². The van der Waals surface area contributed by atoms with Gasteiger partial charge in [-0.2, -0.15) is 0 Å². The second-order valence-corrected chi connectivity index (χ2v) is 7.13. The van der Waals surface area contributed by atoms with E-state index >= 15 is 0 Å². The molecule has 0 saturated carbocycles. The van der Waals surface area contributed by atoms with Crippen LogP contribution in [-0.4, -0.2) is 23.9 Å². The van der Waals surface area contributed by atoms with E-state index in [0.29, 0.717) is 10.6 Å². The molecule has 1 aliphatic rings. The predicted molar refractivity (Wildman–Crippen MR) is 96.0 cm³/mol. The summed E-state index contributed by atoms with van der Waals surface area (Å²) in [5.41, 5.74) is 1.84. The number of carbonyl (C=O) groups is 1. The molecule has 126 valence electrons. The Hall–Kier alpha value is -2.41. The molecule has 1 aromatic carbocycles. The molecule has 2 aromatic rings. The van der Waals surface area contributed by atoms with Gasteiger partial charge in [0.25, 0.3) is 5.91 Å². The molecule has 0 bridgehead atoms. The second-order valence-electron chi connectivity index (χ2n) is 6.07. The molecular formula is C17H19N3O3S. The molecule has 0 radical (unpaired) electrons. The molecule has 1 saturated heterocycles. The molecule has 1 amide bonds. The van der Waals surface area contributed by atoms with Gasteiger partial charge in [0, 0.05) is 30.5 Å². The van der Waals surface area contributed by atoms with Crippen molar-refractivity contribution in [2.75, 3.05) is 23.3 Å². The Morgan fingerprint density at radius 2 is 1.88 bits per heavy atom. The predicted octanol–water partition coefficient (Wildman–Crippen LogP) is 4.14. The van der Waals surface area contributed by atoms with Crippen molar-refractivity contribution in [1.82, 2.24) is 0 Å². The lowest BCUT2D eigenvalue weighted by molar-refractivity contribution is -0.380. The summed E-state index contributed by atoms with van der Waals surface area (Å²) >= 11 is 0.875. The highest BCUT2D eigenvalue weighted by molar-refractivity contribution is 7.17. The lowest BCUT2D eigenvalue weighted by Gasteiger charge is -2.32. The van der Waals surface area contributed by atoms with Gasteiger partial charge in [0.2, 0.25) is 0 Å². The largest absolute Gasteiger partial charge is 0.372 e. The zero-order valence-electron chi connectivity index (χ0n) is 13.4. The highest BCUT2D eigenvalue weighted by atomic mass is 32.1. The Morgan fingerprint density at radius 1 is 1.21 bits per heavy atom. The van der Waals surface area contributed by atoms with Gasteiger partial charge in [0.15, 0.2) is 0 Å². The fraction of sp³-hybridized carbons (Fsp3) is 0.353. The maximum Gasteiger partial charge on any atom is 0.324 e. The molecule has 1 aliphatic heterocycles. The van der Waals surface area contributed by atoms with Gasteiger partial charge in [-0.05, 0) is 49.1 Å². The van der Waals surface area contributed by atoms with Crippen LogP contribution in [0.2, 0.25) is 0 Å². The number of piperidine rings is 1. The SMILES string of the molecule is CC1CCN(c2ccc(NC(=O)c3ccc([N+](=O)[O-])s3)cc2)CC1. The lowest BCUT2D eigenvalue weighted by atomic mass is 9.99.